The molecule has 9 heteroatoms. The maximum absolute atomic E-state index is 13.4. The second-order valence-electron chi connectivity index (χ2n) is 8.15. The van der Waals surface area contributed by atoms with E-state index in [1.807, 2.05) is 0 Å². The minimum absolute atomic E-state index is 0.294. The number of amides is 2. The van der Waals surface area contributed by atoms with Crippen molar-refractivity contribution in [2.45, 2.75) is 16.3 Å². The lowest BCUT2D eigenvalue weighted by molar-refractivity contribution is -0.137. The molecule has 0 heterocycles. The van der Waals surface area contributed by atoms with Crippen LogP contribution in [-0.2, 0) is 11.0 Å². The van der Waals surface area contributed by atoms with Gasteiger partial charge in [-0.2, -0.15) is 13.2 Å². The molecule has 0 aliphatic heterocycles. The Hall–Kier alpha value is -4.24. The van der Waals surface area contributed by atoms with Crippen LogP contribution in [0.15, 0.2) is 108 Å². The fourth-order valence-electron chi connectivity index (χ4n) is 3.64. The third-order valence-electron chi connectivity index (χ3n) is 5.55. The van der Waals surface area contributed by atoms with Crippen LogP contribution in [0.1, 0.15) is 26.7 Å². The summed E-state index contributed by atoms with van der Waals surface area (Å²) in [6, 6.07) is 27.2. The average Bonchev–Trinajstić information content (AvgIpc) is 2.92. The van der Waals surface area contributed by atoms with E-state index < -0.39 is 22.9 Å². The van der Waals surface area contributed by atoms with Crippen molar-refractivity contribution >= 4 is 35.0 Å². The van der Waals surface area contributed by atoms with Gasteiger partial charge < -0.3 is 15.4 Å². The van der Waals surface area contributed by atoms with Crippen LogP contribution in [-0.4, -0.2) is 18.9 Å². The van der Waals surface area contributed by atoms with E-state index in [0.717, 1.165) is 6.07 Å². The molecule has 4 aromatic carbocycles. The van der Waals surface area contributed by atoms with Gasteiger partial charge in [-0.25, -0.2) is 0 Å². The van der Waals surface area contributed by atoms with Gasteiger partial charge in [0.25, 0.3) is 5.91 Å². The summed E-state index contributed by atoms with van der Waals surface area (Å²) in [5.74, 6) is -0.241. The van der Waals surface area contributed by atoms with Crippen LogP contribution in [0, 0.1) is 0 Å². The van der Waals surface area contributed by atoms with Crippen LogP contribution in [0.4, 0.5) is 24.5 Å². The highest BCUT2D eigenvalue weighted by Gasteiger charge is 2.34. The van der Waals surface area contributed by atoms with Crippen molar-refractivity contribution in [3.8, 4) is 5.75 Å². The molecule has 0 saturated heterocycles. The van der Waals surface area contributed by atoms with E-state index in [-0.39, 0.29) is 11.6 Å². The highest BCUT2D eigenvalue weighted by atomic mass is 32.2. The summed E-state index contributed by atoms with van der Waals surface area (Å²) in [6.07, 6.45) is -4.61. The van der Waals surface area contributed by atoms with E-state index in [9.17, 15) is 22.8 Å². The Morgan fingerprint density at radius 1 is 0.789 bits per heavy atom. The summed E-state index contributed by atoms with van der Waals surface area (Å²) in [7, 11) is 1.54. The molecule has 0 aromatic heterocycles. The first kappa shape index (κ1) is 26.8. The van der Waals surface area contributed by atoms with Gasteiger partial charge in [0.05, 0.1) is 18.4 Å². The first-order valence-corrected chi connectivity index (χ1v) is 12.4. The molecule has 4 rings (SSSR count). The monoisotopic (exact) mass is 536 g/mol. The number of hydrogen-bond acceptors (Lipinski definition) is 4. The summed E-state index contributed by atoms with van der Waals surface area (Å²) in [4.78, 5) is 26.5. The molecule has 0 bridgehead atoms. The van der Waals surface area contributed by atoms with E-state index in [1.54, 1.807) is 86.0 Å². The van der Waals surface area contributed by atoms with Gasteiger partial charge in [-0.15, -0.1) is 11.8 Å². The Labute approximate surface area is 222 Å². The first-order valence-electron chi connectivity index (χ1n) is 11.5. The van der Waals surface area contributed by atoms with E-state index in [2.05, 4.69) is 10.6 Å². The van der Waals surface area contributed by atoms with Gasteiger partial charge in [-0.1, -0.05) is 42.5 Å². The third-order valence-corrected chi connectivity index (χ3v) is 6.82. The molecule has 0 fully saturated rings. The molecule has 194 valence electrons. The van der Waals surface area contributed by atoms with Crippen molar-refractivity contribution in [1.82, 2.24) is 0 Å². The number of nitrogens with one attached hydrogen (secondary N) is 2. The number of carbonyl (C=O) groups is 2. The van der Waals surface area contributed by atoms with E-state index in [1.165, 1.54) is 30.0 Å². The van der Waals surface area contributed by atoms with Crippen molar-refractivity contribution in [1.29, 1.82) is 0 Å². The Balaban J connectivity index is 1.50. The predicted octanol–water partition coefficient (Wildman–Crippen LogP) is 7.44. The van der Waals surface area contributed by atoms with E-state index in [0.29, 0.717) is 27.5 Å². The van der Waals surface area contributed by atoms with E-state index >= 15 is 0 Å². The van der Waals surface area contributed by atoms with Crippen LogP contribution in [0.2, 0.25) is 0 Å². The molecule has 0 aliphatic carbocycles. The molecule has 1 unspecified atom stereocenters. The summed E-state index contributed by atoms with van der Waals surface area (Å²) in [5, 5.41) is 4.44. The van der Waals surface area contributed by atoms with Gasteiger partial charge in [0.15, 0.2) is 0 Å². The Morgan fingerprint density at radius 3 is 2.05 bits per heavy atom. The maximum atomic E-state index is 13.4. The zero-order valence-electron chi connectivity index (χ0n) is 20.2. The molecule has 5 nitrogen and oxygen atoms in total. The van der Waals surface area contributed by atoms with Crippen molar-refractivity contribution in [3.63, 3.8) is 0 Å². The Kier molecular flexibility index (Phi) is 8.38. The number of carbonyl (C=O) groups excluding carboxylic acids is 2. The van der Waals surface area contributed by atoms with Gasteiger partial charge in [-0.3, -0.25) is 9.59 Å². The molecule has 0 aliphatic rings. The van der Waals surface area contributed by atoms with Crippen molar-refractivity contribution in [2.75, 3.05) is 17.7 Å². The lowest BCUT2D eigenvalue weighted by Gasteiger charge is -2.19. The highest BCUT2D eigenvalue weighted by Crippen LogP contribution is 2.39. The number of para-hydroxylation sites is 1. The van der Waals surface area contributed by atoms with Gasteiger partial charge in [0.2, 0.25) is 5.91 Å². The molecular formula is C29H23F3N2O3S. The second kappa shape index (κ2) is 11.9. The third kappa shape index (κ3) is 6.74. The number of benzene rings is 4. The summed E-state index contributed by atoms with van der Waals surface area (Å²) in [5.41, 5.74) is 0.431. The summed E-state index contributed by atoms with van der Waals surface area (Å²) >= 11 is 1.19. The first-order chi connectivity index (χ1) is 18.2. The molecule has 1 atom stereocenters. The summed E-state index contributed by atoms with van der Waals surface area (Å²) < 4.78 is 45.4. The minimum atomic E-state index is -4.61. The largest absolute Gasteiger partial charge is 0.497 e. The van der Waals surface area contributed by atoms with Crippen LogP contribution in [0.3, 0.4) is 0 Å². The van der Waals surface area contributed by atoms with Gasteiger partial charge in [0.1, 0.15) is 11.0 Å². The van der Waals surface area contributed by atoms with Crippen molar-refractivity contribution in [3.05, 3.63) is 120 Å². The Bertz CT molecular complexity index is 1390. The molecule has 2 N–H and O–H groups in total. The normalized spacial score (nSPS) is 11.9. The SMILES string of the molecule is COc1ccc(C(=O)Nc2ccc(SC(C(=O)Nc3ccccc3C(F)(F)F)c3ccccc3)cc2)cc1. The zero-order chi connectivity index (χ0) is 27.1. The van der Waals surface area contributed by atoms with Crippen LogP contribution >= 0.6 is 11.8 Å². The number of anilines is 2. The van der Waals surface area contributed by atoms with Crippen molar-refractivity contribution in [2.24, 2.45) is 0 Å². The number of methoxy groups -OCH3 is 1. The van der Waals surface area contributed by atoms with Gasteiger partial charge in [0, 0.05) is 16.1 Å². The highest BCUT2D eigenvalue weighted by molar-refractivity contribution is 8.00. The molecule has 0 radical (unpaired) electrons. The van der Waals surface area contributed by atoms with Gasteiger partial charge >= 0.3 is 6.18 Å². The standard InChI is InChI=1S/C29H23F3N2O3S/c1-37-22-15-11-20(12-16-22)27(35)33-21-13-17-23(18-14-21)38-26(19-7-3-2-4-8-19)28(36)34-25-10-6-5-9-24(25)29(30,31)32/h2-18,26H,1H3,(H,33,35)(H,34,36). The topological polar surface area (TPSA) is 67.4 Å². The lowest BCUT2D eigenvalue weighted by Crippen LogP contribution is -2.21. The molecular weight excluding hydrogens is 513 g/mol. The van der Waals surface area contributed by atoms with Crippen LogP contribution in [0.5, 0.6) is 5.75 Å². The average molecular weight is 537 g/mol. The number of thioether (sulfide) groups is 1. The lowest BCUT2D eigenvalue weighted by atomic mass is 10.1. The van der Waals surface area contributed by atoms with Crippen molar-refractivity contribution < 1.29 is 27.5 Å². The Morgan fingerprint density at radius 2 is 1.42 bits per heavy atom. The number of alkyl halides is 3. The number of rotatable bonds is 8. The minimum Gasteiger partial charge on any atom is -0.497 e. The fraction of sp³-hybridized carbons (Fsp3) is 0.103. The summed E-state index contributed by atoms with van der Waals surface area (Å²) in [6.45, 7) is 0. The van der Waals surface area contributed by atoms with Gasteiger partial charge in [-0.05, 0) is 66.2 Å². The number of halogens is 3. The smallest absolute Gasteiger partial charge is 0.418 e. The molecule has 2 amide bonds. The number of ether oxygens (including phenoxy) is 1. The predicted molar refractivity (Wildman–Crippen MR) is 143 cm³/mol. The molecule has 4 aromatic rings. The quantitative estimate of drug-likeness (QED) is 0.230. The molecule has 0 spiro atoms. The van der Waals surface area contributed by atoms with E-state index in [4.69, 9.17) is 4.74 Å². The molecule has 0 saturated carbocycles. The van der Waals surface area contributed by atoms with Crippen LogP contribution < -0.4 is 15.4 Å². The maximum Gasteiger partial charge on any atom is 0.418 e. The second-order valence-corrected chi connectivity index (χ2v) is 9.33. The van der Waals surface area contributed by atoms with Crippen LogP contribution in [0.25, 0.3) is 0 Å². The molecule has 38 heavy (non-hydrogen) atoms. The number of hydrogen-bond donors (Lipinski definition) is 2. The zero-order valence-corrected chi connectivity index (χ0v) is 21.0. The fourth-order valence-corrected chi connectivity index (χ4v) is 4.66.